The van der Waals surface area contributed by atoms with Crippen LogP contribution in [0.1, 0.15) is 25.0 Å². The lowest BCUT2D eigenvalue weighted by Gasteiger charge is -2.33. The zero-order valence-electron chi connectivity index (χ0n) is 21.6. The zero-order chi connectivity index (χ0) is 28.8. The van der Waals surface area contributed by atoms with E-state index in [1.165, 1.54) is 42.5 Å². The molecule has 1 atom stereocenters. The van der Waals surface area contributed by atoms with Crippen LogP contribution in [-0.2, 0) is 16.0 Å². The third kappa shape index (κ3) is 4.80. The summed E-state index contributed by atoms with van der Waals surface area (Å²) < 4.78 is 15.8. The normalized spacial score (nSPS) is 18.8. The van der Waals surface area contributed by atoms with Crippen LogP contribution in [0.4, 0.5) is 0 Å². The minimum atomic E-state index is -1.33. The number of aromatic hydroxyl groups is 3. The van der Waals surface area contributed by atoms with Crippen LogP contribution in [0.5, 0.6) is 23.0 Å². The van der Waals surface area contributed by atoms with E-state index in [4.69, 9.17) is 13.9 Å². The first-order valence-corrected chi connectivity index (χ1v) is 12.3. The number of ether oxygens (including phenoxy) is 2. The number of hydrogen-bond acceptors (Lipinski definition) is 10. The smallest absolute Gasteiger partial charge is 0.336 e. The van der Waals surface area contributed by atoms with Gasteiger partial charge in [0.1, 0.15) is 24.4 Å². The number of allylic oxidation sites excluding steroid dienone is 3. The van der Waals surface area contributed by atoms with Crippen molar-refractivity contribution in [2.24, 2.45) is 0 Å². The number of rotatable bonds is 3. The monoisotopic (exact) mass is 546 g/mol. The van der Waals surface area contributed by atoms with E-state index >= 15 is 0 Å². The first-order valence-electron chi connectivity index (χ1n) is 12.3. The summed E-state index contributed by atoms with van der Waals surface area (Å²) >= 11 is 0. The van der Waals surface area contributed by atoms with Crippen LogP contribution in [0, 0.1) is 0 Å². The van der Waals surface area contributed by atoms with E-state index in [2.05, 4.69) is 0 Å². The molecule has 0 fully saturated rings. The van der Waals surface area contributed by atoms with Crippen molar-refractivity contribution in [3.63, 3.8) is 0 Å². The Balaban J connectivity index is 0.000000165. The topological polar surface area (TPSA) is 167 Å². The van der Waals surface area contributed by atoms with Crippen molar-refractivity contribution in [2.75, 3.05) is 13.2 Å². The van der Waals surface area contributed by atoms with E-state index in [0.29, 0.717) is 45.6 Å². The second-order valence-corrected chi connectivity index (χ2v) is 9.86. The van der Waals surface area contributed by atoms with Gasteiger partial charge in [-0.05, 0) is 67.5 Å². The van der Waals surface area contributed by atoms with Gasteiger partial charge in [-0.25, -0.2) is 4.79 Å². The van der Waals surface area contributed by atoms with Crippen LogP contribution in [0.25, 0.3) is 16.5 Å². The van der Waals surface area contributed by atoms with Crippen molar-refractivity contribution >= 4 is 22.3 Å². The van der Waals surface area contributed by atoms with E-state index in [1.54, 1.807) is 6.07 Å². The van der Waals surface area contributed by atoms with Gasteiger partial charge in [-0.3, -0.25) is 4.79 Å². The van der Waals surface area contributed by atoms with Crippen LogP contribution in [0.15, 0.2) is 86.5 Å². The summed E-state index contributed by atoms with van der Waals surface area (Å²) in [6.07, 6.45) is 4.79. The predicted octanol–water partition coefficient (Wildman–Crippen LogP) is 3.92. The summed E-state index contributed by atoms with van der Waals surface area (Å²) in [6.45, 7) is 4.16. The Bertz CT molecular complexity index is 1730. The maximum Gasteiger partial charge on any atom is 0.336 e. The number of phenolic OH excluding ortho intramolecular Hbond substituents is 3. The molecule has 1 unspecified atom stereocenters. The van der Waals surface area contributed by atoms with Crippen LogP contribution < -0.4 is 10.4 Å². The molecule has 40 heavy (non-hydrogen) atoms. The third-order valence-electron chi connectivity index (χ3n) is 6.67. The lowest BCUT2D eigenvalue weighted by Crippen LogP contribution is -2.39. The molecule has 0 saturated heterocycles. The second kappa shape index (κ2) is 9.97. The highest BCUT2D eigenvalue weighted by molar-refractivity contribution is 6.06. The van der Waals surface area contributed by atoms with E-state index in [0.717, 1.165) is 5.57 Å². The van der Waals surface area contributed by atoms with Gasteiger partial charge in [-0.2, -0.15) is 0 Å². The highest BCUT2D eigenvalue weighted by Crippen LogP contribution is 2.50. The minimum absolute atomic E-state index is 0.0264. The lowest BCUT2D eigenvalue weighted by atomic mass is 9.85. The van der Waals surface area contributed by atoms with Gasteiger partial charge in [0.2, 0.25) is 11.5 Å². The Labute approximate surface area is 227 Å². The Morgan fingerprint density at radius 3 is 2.50 bits per heavy atom. The van der Waals surface area contributed by atoms with Gasteiger partial charge in [0.05, 0.1) is 0 Å². The number of benzene rings is 2. The maximum absolute atomic E-state index is 11.5. The van der Waals surface area contributed by atoms with Crippen molar-refractivity contribution in [1.82, 2.24) is 0 Å². The fourth-order valence-electron chi connectivity index (χ4n) is 4.76. The van der Waals surface area contributed by atoms with Crippen LogP contribution in [0.3, 0.4) is 0 Å². The average Bonchev–Trinajstić information content (AvgIpc) is 3.18. The molecule has 6 rings (SSSR count). The summed E-state index contributed by atoms with van der Waals surface area (Å²) in [4.78, 5) is 22.6. The van der Waals surface area contributed by atoms with E-state index in [-0.39, 0.29) is 36.0 Å². The summed E-state index contributed by atoms with van der Waals surface area (Å²) in [5, 5.41) is 50.5. The van der Waals surface area contributed by atoms with E-state index < -0.39 is 22.8 Å². The molecule has 206 valence electrons. The van der Waals surface area contributed by atoms with E-state index in [9.17, 15) is 35.1 Å². The van der Waals surface area contributed by atoms with Crippen LogP contribution in [0.2, 0.25) is 0 Å². The maximum atomic E-state index is 11.5. The van der Waals surface area contributed by atoms with E-state index in [1.807, 2.05) is 19.9 Å². The number of aliphatic hydroxyl groups is 2. The molecule has 1 aromatic heterocycles. The number of carbonyl (C=O) groups is 1. The van der Waals surface area contributed by atoms with Crippen molar-refractivity contribution in [3.05, 3.63) is 98.8 Å². The molecule has 3 aromatic rings. The second-order valence-electron chi connectivity index (χ2n) is 9.86. The molecule has 0 spiro atoms. The molecule has 2 aliphatic carbocycles. The average molecular weight is 547 g/mol. The fourth-order valence-corrected chi connectivity index (χ4v) is 4.76. The van der Waals surface area contributed by atoms with Crippen molar-refractivity contribution in [3.8, 4) is 23.0 Å². The third-order valence-corrected chi connectivity index (χ3v) is 6.67. The molecule has 5 N–H and O–H groups in total. The van der Waals surface area contributed by atoms with Gasteiger partial charge >= 0.3 is 5.63 Å². The van der Waals surface area contributed by atoms with Gasteiger partial charge in [-0.1, -0.05) is 5.57 Å². The Hall–Kier alpha value is -4.96. The standard InChI is InChI=1S/C16H12O6.C14H14O4/c17-10-2-1-8-13-9-4-12(19)11(18)3-7(9)5-16(13,21)6-22-15(8)14(10)20;1-9(2)5-6-17-13-8-12-10(7-11(13)15)3-4-14(16)18-12/h1-4,18-21H,5-6H2;3-5,7-8,15H,6H2,1-2H3. The highest BCUT2D eigenvalue weighted by Gasteiger charge is 2.47. The lowest BCUT2D eigenvalue weighted by molar-refractivity contribution is -0.114. The van der Waals surface area contributed by atoms with Gasteiger partial charge in [0.25, 0.3) is 0 Å². The van der Waals surface area contributed by atoms with Gasteiger partial charge in [0, 0.05) is 35.1 Å². The van der Waals surface area contributed by atoms with Gasteiger partial charge in [0.15, 0.2) is 28.8 Å². The Kier molecular flexibility index (Phi) is 6.64. The number of phenols is 3. The predicted molar refractivity (Wildman–Crippen MR) is 144 cm³/mol. The molecule has 3 aliphatic rings. The molecule has 1 aliphatic heterocycles. The van der Waals surface area contributed by atoms with Crippen molar-refractivity contribution in [1.29, 1.82) is 0 Å². The quantitative estimate of drug-likeness (QED) is 0.185. The molecule has 10 nitrogen and oxygen atoms in total. The van der Waals surface area contributed by atoms with Crippen LogP contribution >= 0.6 is 0 Å². The number of ketones is 1. The molecular weight excluding hydrogens is 520 g/mol. The van der Waals surface area contributed by atoms with Crippen molar-refractivity contribution in [2.45, 2.75) is 25.9 Å². The van der Waals surface area contributed by atoms with Crippen molar-refractivity contribution < 1.29 is 44.2 Å². The minimum Gasteiger partial charge on any atom is -0.504 e. The first-order chi connectivity index (χ1) is 19.0. The Morgan fingerprint density at radius 2 is 1.75 bits per heavy atom. The number of hydrogen-bond donors (Lipinski definition) is 5. The summed E-state index contributed by atoms with van der Waals surface area (Å²) in [6, 6.07) is 8.71. The van der Waals surface area contributed by atoms with Gasteiger partial charge in [-0.15, -0.1) is 0 Å². The number of carbonyl (C=O) groups excluding carboxylic acids is 1. The molecule has 0 radical (unpaired) electrons. The SMILES string of the molecule is CC(C)=CCOc1cc2oc(=O)ccc2cc1O.O=C1C=CC2=C3c4cc(O)c(O)cc4CC3(O)COC2=C1O. The first kappa shape index (κ1) is 26.6. The molecule has 0 bridgehead atoms. The molecule has 2 heterocycles. The highest BCUT2D eigenvalue weighted by atomic mass is 16.5. The number of fused-ring (bicyclic) bond motifs is 5. The van der Waals surface area contributed by atoms with Crippen LogP contribution in [-0.4, -0.2) is 50.1 Å². The molecule has 2 aromatic carbocycles. The summed E-state index contributed by atoms with van der Waals surface area (Å²) in [7, 11) is 0. The zero-order valence-corrected chi connectivity index (χ0v) is 21.6. The fraction of sp³-hybridized carbons (Fsp3) is 0.200. The summed E-state index contributed by atoms with van der Waals surface area (Å²) in [5.41, 5.74) is 1.89. The summed E-state index contributed by atoms with van der Waals surface area (Å²) in [5.74, 6) is -1.26. The molecular formula is C30H26O10. The molecule has 0 amide bonds. The molecule has 0 saturated carbocycles. The number of aliphatic hydroxyl groups excluding tert-OH is 1. The van der Waals surface area contributed by atoms with Gasteiger partial charge < -0.3 is 39.4 Å². The Morgan fingerprint density at radius 1 is 1.00 bits per heavy atom. The largest absolute Gasteiger partial charge is 0.504 e. The molecule has 10 heteroatoms.